The molecule has 3 aromatic rings. The monoisotopic (exact) mass is 378 g/mol. The summed E-state index contributed by atoms with van der Waals surface area (Å²) in [4.78, 5) is 34.5. The maximum absolute atomic E-state index is 13.4. The van der Waals surface area contributed by atoms with E-state index in [9.17, 15) is 9.59 Å². The predicted octanol–water partition coefficient (Wildman–Crippen LogP) is 1.92. The molecule has 1 aliphatic rings. The summed E-state index contributed by atoms with van der Waals surface area (Å²) in [6.07, 6.45) is 0. The molecule has 0 N–H and O–H groups in total. The summed E-state index contributed by atoms with van der Waals surface area (Å²) in [5.74, 6) is 0.149. The average molecular weight is 378 g/mol. The summed E-state index contributed by atoms with van der Waals surface area (Å²) >= 11 is 0. The van der Waals surface area contributed by atoms with Crippen LogP contribution in [0.25, 0.3) is 16.6 Å². The Morgan fingerprint density at radius 3 is 2.43 bits per heavy atom. The lowest BCUT2D eigenvalue weighted by molar-refractivity contribution is 0.0601. The number of anilines is 1. The van der Waals surface area contributed by atoms with Crippen LogP contribution in [0.3, 0.4) is 0 Å². The Morgan fingerprint density at radius 1 is 1.04 bits per heavy atom. The van der Waals surface area contributed by atoms with E-state index < -0.39 is 5.97 Å². The van der Waals surface area contributed by atoms with Crippen molar-refractivity contribution in [2.45, 2.75) is 0 Å². The van der Waals surface area contributed by atoms with Gasteiger partial charge in [-0.15, -0.1) is 0 Å². The zero-order chi connectivity index (χ0) is 19.7. The smallest absolute Gasteiger partial charge is 0.337 e. The van der Waals surface area contributed by atoms with E-state index in [0.717, 1.165) is 31.9 Å². The Morgan fingerprint density at radius 2 is 1.75 bits per heavy atom. The minimum absolute atomic E-state index is 0.151. The van der Waals surface area contributed by atoms with E-state index in [2.05, 4.69) is 16.8 Å². The molecule has 7 heteroatoms. The number of likely N-dealkylation sites (N-methyl/N-ethyl adjacent to an activating group) is 1. The Kier molecular flexibility index (Phi) is 4.83. The summed E-state index contributed by atoms with van der Waals surface area (Å²) in [5.41, 5.74) is 1.49. The summed E-state index contributed by atoms with van der Waals surface area (Å²) in [7, 11) is 3.42. The van der Waals surface area contributed by atoms with Crippen LogP contribution < -0.4 is 10.5 Å². The molecule has 4 rings (SSSR count). The number of carbonyl (C=O) groups excluding carboxylic acids is 1. The van der Waals surface area contributed by atoms with Gasteiger partial charge in [0.15, 0.2) is 0 Å². The minimum atomic E-state index is -0.447. The molecular weight excluding hydrogens is 356 g/mol. The van der Waals surface area contributed by atoms with Gasteiger partial charge in [0.2, 0.25) is 5.95 Å². The third-order valence-corrected chi connectivity index (χ3v) is 5.07. The number of rotatable bonds is 3. The summed E-state index contributed by atoms with van der Waals surface area (Å²) < 4.78 is 6.46. The molecule has 0 saturated carbocycles. The standard InChI is InChI=1S/C21H22N4O3/c1-23-10-12-24(13-11-23)21-22-18-14-15(20(27)28-2)8-9-17(18)19(26)25(21)16-6-4-3-5-7-16/h3-9,14H,10-13H2,1-2H3. The van der Waals surface area contributed by atoms with Crippen molar-refractivity contribution in [2.75, 3.05) is 45.2 Å². The SMILES string of the molecule is COC(=O)c1ccc2c(=O)n(-c3ccccc3)c(N3CCN(C)CC3)nc2c1. The molecule has 0 spiro atoms. The Balaban J connectivity index is 1.94. The average Bonchev–Trinajstić information content (AvgIpc) is 2.74. The number of piperazine rings is 1. The van der Waals surface area contributed by atoms with E-state index in [1.165, 1.54) is 7.11 Å². The molecular formula is C21H22N4O3. The highest BCUT2D eigenvalue weighted by Gasteiger charge is 2.22. The normalized spacial score (nSPS) is 15.0. The van der Waals surface area contributed by atoms with Crippen molar-refractivity contribution in [3.63, 3.8) is 0 Å². The molecule has 7 nitrogen and oxygen atoms in total. The van der Waals surface area contributed by atoms with Gasteiger partial charge in [-0.2, -0.15) is 0 Å². The number of esters is 1. The fourth-order valence-electron chi connectivity index (χ4n) is 3.45. The van der Waals surface area contributed by atoms with Gasteiger partial charge >= 0.3 is 5.97 Å². The molecule has 2 aromatic carbocycles. The maximum atomic E-state index is 13.4. The van der Waals surface area contributed by atoms with Crippen LogP contribution in [0.4, 0.5) is 5.95 Å². The second-order valence-electron chi connectivity index (χ2n) is 6.90. The number of fused-ring (bicyclic) bond motifs is 1. The molecule has 1 saturated heterocycles. The van der Waals surface area contributed by atoms with Gasteiger partial charge in [-0.05, 0) is 37.4 Å². The quantitative estimate of drug-likeness (QED) is 0.649. The lowest BCUT2D eigenvalue weighted by Crippen LogP contribution is -2.46. The van der Waals surface area contributed by atoms with Crippen LogP contribution in [0.2, 0.25) is 0 Å². The van der Waals surface area contributed by atoms with E-state index in [-0.39, 0.29) is 5.56 Å². The molecule has 1 aliphatic heterocycles. The first-order valence-corrected chi connectivity index (χ1v) is 9.22. The van der Waals surface area contributed by atoms with Gasteiger partial charge < -0.3 is 14.5 Å². The second-order valence-corrected chi connectivity index (χ2v) is 6.90. The van der Waals surface area contributed by atoms with Crippen molar-refractivity contribution in [1.82, 2.24) is 14.5 Å². The number of nitrogens with zero attached hydrogens (tertiary/aromatic N) is 4. The van der Waals surface area contributed by atoms with Crippen molar-refractivity contribution >= 4 is 22.8 Å². The highest BCUT2D eigenvalue weighted by molar-refractivity contribution is 5.94. The molecule has 0 bridgehead atoms. The van der Waals surface area contributed by atoms with E-state index in [1.54, 1.807) is 22.8 Å². The maximum Gasteiger partial charge on any atom is 0.337 e. The molecule has 0 atom stereocenters. The Hall–Kier alpha value is -3.19. The van der Waals surface area contributed by atoms with E-state index in [4.69, 9.17) is 9.72 Å². The molecule has 1 aromatic heterocycles. The molecule has 0 radical (unpaired) electrons. The van der Waals surface area contributed by atoms with Crippen molar-refractivity contribution in [2.24, 2.45) is 0 Å². The van der Waals surface area contributed by atoms with Crippen molar-refractivity contribution in [3.05, 3.63) is 64.4 Å². The molecule has 0 unspecified atom stereocenters. The minimum Gasteiger partial charge on any atom is -0.465 e. The van der Waals surface area contributed by atoms with E-state index in [0.29, 0.717) is 22.4 Å². The van der Waals surface area contributed by atoms with Gasteiger partial charge in [0.1, 0.15) is 0 Å². The van der Waals surface area contributed by atoms with Crippen LogP contribution in [0.15, 0.2) is 53.3 Å². The number of benzene rings is 2. The topological polar surface area (TPSA) is 67.7 Å². The number of hydrogen-bond acceptors (Lipinski definition) is 6. The second kappa shape index (κ2) is 7.44. The highest BCUT2D eigenvalue weighted by atomic mass is 16.5. The van der Waals surface area contributed by atoms with Crippen LogP contribution in [-0.4, -0.2) is 60.8 Å². The molecule has 0 aliphatic carbocycles. The number of hydrogen-bond donors (Lipinski definition) is 0. The number of para-hydroxylation sites is 1. The number of ether oxygens (including phenoxy) is 1. The third kappa shape index (κ3) is 3.25. The summed E-state index contributed by atoms with van der Waals surface area (Å²) in [6.45, 7) is 3.34. The first kappa shape index (κ1) is 18.2. The Labute approximate surface area is 162 Å². The fraction of sp³-hybridized carbons (Fsp3) is 0.286. The number of aromatic nitrogens is 2. The van der Waals surface area contributed by atoms with Gasteiger partial charge in [-0.3, -0.25) is 4.79 Å². The molecule has 2 heterocycles. The highest BCUT2D eigenvalue weighted by Crippen LogP contribution is 2.21. The number of methoxy groups -OCH3 is 1. The lowest BCUT2D eigenvalue weighted by Gasteiger charge is -2.34. The number of carbonyl (C=O) groups is 1. The predicted molar refractivity (Wildman–Crippen MR) is 108 cm³/mol. The third-order valence-electron chi connectivity index (χ3n) is 5.07. The zero-order valence-corrected chi connectivity index (χ0v) is 16.0. The van der Waals surface area contributed by atoms with Crippen LogP contribution >= 0.6 is 0 Å². The van der Waals surface area contributed by atoms with Crippen LogP contribution in [0.5, 0.6) is 0 Å². The first-order chi connectivity index (χ1) is 13.6. The molecule has 0 amide bonds. The lowest BCUT2D eigenvalue weighted by atomic mass is 10.1. The fourth-order valence-corrected chi connectivity index (χ4v) is 3.45. The van der Waals surface area contributed by atoms with Gasteiger partial charge in [0.05, 0.1) is 29.3 Å². The largest absolute Gasteiger partial charge is 0.465 e. The van der Waals surface area contributed by atoms with Gasteiger partial charge in [0.25, 0.3) is 5.56 Å². The molecule has 144 valence electrons. The summed E-state index contributed by atoms with van der Waals surface area (Å²) in [6, 6.07) is 14.4. The molecule has 1 fully saturated rings. The van der Waals surface area contributed by atoms with Gasteiger partial charge in [0, 0.05) is 26.2 Å². The van der Waals surface area contributed by atoms with Crippen LogP contribution in [0.1, 0.15) is 10.4 Å². The first-order valence-electron chi connectivity index (χ1n) is 9.22. The zero-order valence-electron chi connectivity index (χ0n) is 16.0. The van der Waals surface area contributed by atoms with Crippen molar-refractivity contribution in [1.29, 1.82) is 0 Å². The molecule has 28 heavy (non-hydrogen) atoms. The van der Waals surface area contributed by atoms with Crippen molar-refractivity contribution in [3.8, 4) is 5.69 Å². The van der Waals surface area contributed by atoms with Crippen LogP contribution in [0, 0.1) is 0 Å². The van der Waals surface area contributed by atoms with E-state index in [1.807, 2.05) is 30.3 Å². The Bertz CT molecular complexity index is 1070. The van der Waals surface area contributed by atoms with Crippen molar-refractivity contribution < 1.29 is 9.53 Å². The van der Waals surface area contributed by atoms with Crippen LogP contribution in [-0.2, 0) is 4.74 Å². The summed E-state index contributed by atoms with van der Waals surface area (Å²) in [5, 5.41) is 0.467. The van der Waals surface area contributed by atoms with E-state index >= 15 is 0 Å². The van der Waals surface area contributed by atoms with Gasteiger partial charge in [-0.1, -0.05) is 18.2 Å². The van der Waals surface area contributed by atoms with Gasteiger partial charge in [-0.25, -0.2) is 14.3 Å².